The summed E-state index contributed by atoms with van der Waals surface area (Å²) in [5, 5.41) is 8.91. The van der Waals surface area contributed by atoms with Crippen LogP contribution in [0.15, 0.2) is 11.4 Å². The quantitative estimate of drug-likeness (QED) is 0.877. The molecule has 1 spiro atoms. The van der Waals surface area contributed by atoms with Gasteiger partial charge < -0.3 is 10.6 Å². The molecular formula is C16H23ClN2OS. The van der Waals surface area contributed by atoms with Crippen molar-refractivity contribution >= 4 is 29.7 Å². The van der Waals surface area contributed by atoms with E-state index in [9.17, 15) is 4.79 Å². The Labute approximate surface area is 136 Å². The van der Waals surface area contributed by atoms with Gasteiger partial charge in [-0.15, -0.1) is 23.7 Å². The van der Waals surface area contributed by atoms with Crippen LogP contribution in [-0.2, 0) is 11.2 Å². The molecule has 4 rings (SSSR count). The predicted molar refractivity (Wildman–Crippen MR) is 88.0 cm³/mol. The number of thiophene rings is 1. The molecule has 1 aliphatic heterocycles. The lowest BCUT2D eigenvalue weighted by atomic mass is 9.91. The molecule has 0 bridgehead atoms. The normalized spacial score (nSPS) is 29.3. The van der Waals surface area contributed by atoms with Crippen molar-refractivity contribution in [2.45, 2.75) is 44.6 Å². The molecule has 1 saturated heterocycles. The number of hydrogen-bond acceptors (Lipinski definition) is 3. The summed E-state index contributed by atoms with van der Waals surface area (Å²) in [6.07, 6.45) is 6.98. The van der Waals surface area contributed by atoms with Gasteiger partial charge in [-0.1, -0.05) is 0 Å². The Morgan fingerprint density at radius 2 is 2.19 bits per heavy atom. The summed E-state index contributed by atoms with van der Waals surface area (Å²) in [6.45, 7) is 2.17. The molecule has 1 saturated carbocycles. The number of nitrogens with one attached hydrogen (secondary N) is 2. The molecule has 1 amide bonds. The number of rotatable bonds is 2. The molecule has 2 aliphatic carbocycles. The summed E-state index contributed by atoms with van der Waals surface area (Å²) in [5.41, 5.74) is 1.73. The third-order valence-corrected chi connectivity index (χ3v) is 6.47. The topological polar surface area (TPSA) is 41.1 Å². The number of aryl methyl sites for hydroxylation is 1. The smallest absolute Gasteiger partial charge is 0.224 e. The van der Waals surface area contributed by atoms with Gasteiger partial charge in [0.05, 0.1) is 6.04 Å². The number of carbonyl (C=O) groups is 1. The van der Waals surface area contributed by atoms with E-state index >= 15 is 0 Å². The van der Waals surface area contributed by atoms with Crippen molar-refractivity contribution in [3.63, 3.8) is 0 Å². The summed E-state index contributed by atoms with van der Waals surface area (Å²) < 4.78 is 0. The van der Waals surface area contributed by atoms with Crippen LogP contribution >= 0.6 is 23.7 Å². The Hall–Kier alpha value is -0.580. The predicted octanol–water partition coefficient (Wildman–Crippen LogP) is 3.05. The third kappa shape index (κ3) is 2.73. The maximum Gasteiger partial charge on any atom is 0.224 e. The van der Waals surface area contributed by atoms with Crippen molar-refractivity contribution in [2.75, 3.05) is 13.1 Å². The maximum absolute atomic E-state index is 12.6. The second kappa shape index (κ2) is 5.90. The van der Waals surface area contributed by atoms with Crippen LogP contribution in [-0.4, -0.2) is 19.0 Å². The molecule has 2 N–H and O–H groups in total. The highest BCUT2D eigenvalue weighted by Gasteiger charge is 2.57. The molecule has 0 aromatic carbocycles. The first-order chi connectivity index (χ1) is 9.78. The molecule has 21 heavy (non-hydrogen) atoms. The average molecular weight is 327 g/mol. The van der Waals surface area contributed by atoms with Gasteiger partial charge in [0, 0.05) is 10.8 Å². The molecule has 0 radical (unpaired) electrons. The molecule has 3 aliphatic rings. The molecule has 3 nitrogen and oxygen atoms in total. The van der Waals surface area contributed by atoms with Crippen molar-refractivity contribution in [1.29, 1.82) is 0 Å². The van der Waals surface area contributed by atoms with Crippen molar-refractivity contribution in [2.24, 2.45) is 11.3 Å². The second-order valence-electron chi connectivity index (χ2n) is 6.62. The number of halogens is 1. The molecular weight excluding hydrogens is 304 g/mol. The Kier molecular flexibility index (Phi) is 4.30. The van der Waals surface area contributed by atoms with Crippen molar-refractivity contribution in [3.05, 3.63) is 21.9 Å². The van der Waals surface area contributed by atoms with Gasteiger partial charge in [0.1, 0.15) is 0 Å². The third-order valence-electron chi connectivity index (χ3n) is 5.47. The standard InChI is InChI=1S/C16H22N2OS.ClH/c19-15(12-10-16(12)5-7-17-8-6-16)18-13-2-1-3-14-11(13)4-9-20-14;/h4,9,12-13,17H,1-3,5-8,10H2,(H,18,19);1H. The Balaban J connectivity index is 0.00000132. The molecule has 1 aromatic rings. The Morgan fingerprint density at radius 1 is 1.38 bits per heavy atom. The van der Waals surface area contributed by atoms with E-state index in [0.717, 1.165) is 25.9 Å². The van der Waals surface area contributed by atoms with Gasteiger partial charge in [-0.05, 0) is 74.0 Å². The second-order valence-corrected chi connectivity index (χ2v) is 7.62. The van der Waals surface area contributed by atoms with Gasteiger partial charge in [-0.2, -0.15) is 0 Å². The number of carbonyl (C=O) groups excluding carboxylic acids is 1. The molecule has 2 atom stereocenters. The fraction of sp³-hybridized carbons (Fsp3) is 0.688. The van der Waals surface area contributed by atoms with Crippen LogP contribution in [0.25, 0.3) is 0 Å². The van der Waals surface area contributed by atoms with E-state index in [1.165, 1.54) is 36.1 Å². The van der Waals surface area contributed by atoms with E-state index in [4.69, 9.17) is 0 Å². The Bertz CT molecular complexity index is 524. The van der Waals surface area contributed by atoms with Crippen LogP contribution in [0.3, 0.4) is 0 Å². The SMILES string of the molecule is Cl.O=C(NC1CCCc2sccc21)C1CC12CCNCC2. The van der Waals surface area contributed by atoms with E-state index in [-0.39, 0.29) is 24.4 Å². The minimum Gasteiger partial charge on any atom is -0.349 e. The Morgan fingerprint density at radius 3 is 3.00 bits per heavy atom. The molecule has 1 aromatic heterocycles. The average Bonchev–Trinajstić information content (AvgIpc) is 2.95. The highest BCUT2D eigenvalue weighted by molar-refractivity contribution is 7.10. The van der Waals surface area contributed by atoms with Crippen LogP contribution in [0, 0.1) is 11.3 Å². The minimum absolute atomic E-state index is 0. The summed E-state index contributed by atoms with van der Waals surface area (Å²) in [4.78, 5) is 14.0. The zero-order valence-electron chi connectivity index (χ0n) is 12.2. The maximum atomic E-state index is 12.6. The summed E-state index contributed by atoms with van der Waals surface area (Å²) in [6, 6.07) is 2.48. The van der Waals surface area contributed by atoms with Crippen molar-refractivity contribution in [3.8, 4) is 0 Å². The van der Waals surface area contributed by atoms with Crippen LogP contribution in [0.2, 0.25) is 0 Å². The molecule has 5 heteroatoms. The van der Waals surface area contributed by atoms with Gasteiger partial charge in [-0.3, -0.25) is 4.79 Å². The fourth-order valence-corrected chi connectivity index (χ4v) is 5.09. The highest BCUT2D eigenvalue weighted by atomic mass is 35.5. The summed E-state index contributed by atoms with van der Waals surface area (Å²) in [5.74, 6) is 0.601. The number of hydrogen-bond donors (Lipinski definition) is 2. The van der Waals surface area contributed by atoms with E-state index in [2.05, 4.69) is 22.1 Å². The van der Waals surface area contributed by atoms with Gasteiger partial charge in [0.25, 0.3) is 0 Å². The number of amides is 1. The lowest BCUT2D eigenvalue weighted by molar-refractivity contribution is -0.124. The monoisotopic (exact) mass is 326 g/mol. The van der Waals surface area contributed by atoms with Gasteiger partial charge in [0.15, 0.2) is 0 Å². The zero-order chi connectivity index (χ0) is 13.6. The number of piperidine rings is 1. The largest absolute Gasteiger partial charge is 0.349 e. The van der Waals surface area contributed by atoms with E-state index in [1.807, 2.05) is 11.3 Å². The summed E-state index contributed by atoms with van der Waals surface area (Å²) in [7, 11) is 0. The lowest BCUT2D eigenvalue weighted by Crippen LogP contribution is -2.35. The van der Waals surface area contributed by atoms with Crippen LogP contribution < -0.4 is 10.6 Å². The first-order valence-corrected chi connectivity index (χ1v) is 8.74. The van der Waals surface area contributed by atoms with Crippen LogP contribution in [0.1, 0.15) is 48.6 Å². The van der Waals surface area contributed by atoms with Gasteiger partial charge >= 0.3 is 0 Å². The minimum atomic E-state index is 0. The molecule has 2 unspecified atom stereocenters. The summed E-state index contributed by atoms with van der Waals surface area (Å²) >= 11 is 1.84. The molecule has 2 heterocycles. The van der Waals surface area contributed by atoms with Gasteiger partial charge in [0.2, 0.25) is 5.91 Å². The van der Waals surface area contributed by atoms with Crippen LogP contribution in [0.5, 0.6) is 0 Å². The van der Waals surface area contributed by atoms with Crippen molar-refractivity contribution < 1.29 is 4.79 Å². The highest BCUT2D eigenvalue weighted by Crippen LogP contribution is 2.58. The van der Waals surface area contributed by atoms with Crippen LogP contribution in [0.4, 0.5) is 0 Å². The molecule has 116 valence electrons. The molecule has 2 fully saturated rings. The first-order valence-electron chi connectivity index (χ1n) is 7.86. The zero-order valence-corrected chi connectivity index (χ0v) is 13.8. The van der Waals surface area contributed by atoms with E-state index in [0.29, 0.717) is 11.3 Å². The number of fused-ring (bicyclic) bond motifs is 1. The fourth-order valence-electron chi connectivity index (χ4n) is 4.10. The van der Waals surface area contributed by atoms with Gasteiger partial charge in [-0.25, -0.2) is 0 Å². The van der Waals surface area contributed by atoms with E-state index < -0.39 is 0 Å². The lowest BCUT2D eigenvalue weighted by Gasteiger charge is -2.26. The van der Waals surface area contributed by atoms with Crippen molar-refractivity contribution in [1.82, 2.24) is 10.6 Å². The van der Waals surface area contributed by atoms with E-state index in [1.54, 1.807) is 0 Å². The first kappa shape index (κ1) is 15.3.